The zero-order valence-corrected chi connectivity index (χ0v) is 13.4. The Morgan fingerprint density at radius 2 is 1.83 bits per heavy atom. The third-order valence-electron chi connectivity index (χ3n) is 3.10. The minimum atomic E-state index is -1.42. The number of nitrogens with zero attached hydrogens (tertiary/aromatic N) is 3. The van der Waals surface area contributed by atoms with Gasteiger partial charge in [0.05, 0.1) is 5.56 Å². The van der Waals surface area contributed by atoms with E-state index in [1.54, 1.807) is 0 Å². The predicted molar refractivity (Wildman–Crippen MR) is 80.3 cm³/mol. The van der Waals surface area contributed by atoms with Crippen LogP contribution in [0.15, 0.2) is 21.3 Å². The van der Waals surface area contributed by atoms with Gasteiger partial charge in [0.15, 0.2) is 10.3 Å². The van der Waals surface area contributed by atoms with Crippen LogP contribution in [0.1, 0.15) is 0 Å². The van der Waals surface area contributed by atoms with E-state index in [0.717, 1.165) is 15.9 Å². The molecule has 1 aromatic carbocycles. The quantitative estimate of drug-likeness (QED) is 0.658. The van der Waals surface area contributed by atoms with Crippen molar-refractivity contribution in [1.29, 1.82) is 0 Å². The topological polar surface area (TPSA) is 70.8 Å². The van der Waals surface area contributed by atoms with Gasteiger partial charge in [-0.1, -0.05) is 0 Å². The summed E-state index contributed by atoms with van der Waals surface area (Å²) in [6, 6.07) is 1.02. The van der Waals surface area contributed by atoms with Gasteiger partial charge < -0.3 is 4.55 Å². The fraction of sp³-hybridized carbons (Fsp3) is 0.154. The SMILES string of the molecule is Cn1c(-c2c(F)cc(F)cc2F)nc2sc([S+](C)[O-])nc2c1=O. The number of aromatic nitrogens is 3. The standard InChI is InChI=1S/C13H8F3N3O2S2/c1-19-10(8-6(15)3-5(14)4-7(8)16)18-11-9(12(19)20)17-13(22-11)23(2)21/h3-4H,1-2H3. The maximum atomic E-state index is 13.9. The molecule has 0 saturated heterocycles. The summed E-state index contributed by atoms with van der Waals surface area (Å²) in [5, 5.41) is 0. The van der Waals surface area contributed by atoms with Gasteiger partial charge in [0, 0.05) is 30.4 Å². The van der Waals surface area contributed by atoms with E-state index in [0.29, 0.717) is 12.1 Å². The number of benzene rings is 1. The number of hydrogen-bond donors (Lipinski definition) is 0. The fourth-order valence-corrected chi connectivity index (χ4v) is 3.63. The Labute approximate surface area is 134 Å². The molecule has 1 atom stereocenters. The maximum absolute atomic E-state index is 13.9. The lowest BCUT2D eigenvalue weighted by Crippen LogP contribution is -2.21. The van der Waals surface area contributed by atoms with Gasteiger partial charge in [0.2, 0.25) is 0 Å². The van der Waals surface area contributed by atoms with E-state index in [1.807, 2.05) is 0 Å². The Kier molecular flexibility index (Phi) is 3.90. The van der Waals surface area contributed by atoms with Crippen molar-refractivity contribution in [2.24, 2.45) is 7.05 Å². The summed E-state index contributed by atoms with van der Waals surface area (Å²) in [5.41, 5.74) is -1.28. The Morgan fingerprint density at radius 3 is 2.39 bits per heavy atom. The van der Waals surface area contributed by atoms with Crippen molar-refractivity contribution >= 4 is 32.9 Å². The Hall–Kier alpha value is -1.91. The van der Waals surface area contributed by atoms with Crippen molar-refractivity contribution in [3.05, 3.63) is 39.9 Å². The summed E-state index contributed by atoms with van der Waals surface area (Å²) in [7, 11) is 1.27. The molecule has 5 nitrogen and oxygen atoms in total. The second-order valence-corrected chi connectivity index (χ2v) is 7.16. The summed E-state index contributed by atoms with van der Waals surface area (Å²) in [5.74, 6) is -3.72. The van der Waals surface area contributed by atoms with Gasteiger partial charge in [-0.15, -0.1) is 0 Å². The molecule has 0 bridgehead atoms. The van der Waals surface area contributed by atoms with Crippen LogP contribution in [-0.2, 0) is 18.2 Å². The molecule has 0 aliphatic heterocycles. The van der Waals surface area contributed by atoms with Gasteiger partial charge in [0.1, 0.15) is 29.5 Å². The summed E-state index contributed by atoms with van der Waals surface area (Å²) in [6.45, 7) is 0. The monoisotopic (exact) mass is 359 g/mol. The molecule has 1 unspecified atom stereocenters. The van der Waals surface area contributed by atoms with Gasteiger partial charge in [-0.3, -0.25) is 9.36 Å². The van der Waals surface area contributed by atoms with Gasteiger partial charge in [-0.05, 0) is 11.3 Å². The number of fused-ring (bicyclic) bond motifs is 1. The van der Waals surface area contributed by atoms with Crippen molar-refractivity contribution in [3.63, 3.8) is 0 Å². The highest BCUT2D eigenvalue weighted by Gasteiger charge is 2.22. The molecule has 2 aromatic heterocycles. The second-order valence-electron chi connectivity index (χ2n) is 4.63. The van der Waals surface area contributed by atoms with Crippen LogP contribution >= 0.6 is 11.3 Å². The summed E-state index contributed by atoms with van der Waals surface area (Å²) in [4.78, 5) is 20.4. The predicted octanol–water partition coefficient (Wildman–Crippen LogP) is 2.21. The lowest BCUT2D eigenvalue weighted by molar-refractivity contribution is 0.545. The van der Waals surface area contributed by atoms with Crippen LogP contribution in [0, 0.1) is 17.5 Å². The molecular formula is C13H8F3N3O2S2. The second kappa shape index (κ2) is 5.62. The van der Waals surface area contributed by atoms with Crippen molar-refractivity contribution in [2.75, 3.05) is 6.26 Å². The average molecular weight is 359 g/mol. The Balaban J connectivity index is 2.35. The van der Waals surface area contributed by atoms with Crippen LogP contribution in [0.4, 0.5) is 13.2 Å². The number of thiazole rings is 1. The smallest absolute Gasteiger partial charge is 0.304 e. The van der Waals surface area contributed by atoms with Gasteiger partial charge >= 0.3 is 4.34 Å². The maximum Gasteiger partial charge on any atom is 0.304 e. The zero-order valence-electron chi connectivity index (χ0n) is 11.8. The average Bonchev–Trinajstić information content (AvgIpc) is 2.87. The molecule has 0 N–H and O–H groups in total. The van der Waals surface area contributed by atoms with Crippen molar-refractivity contribution in [3.8, 4) is 11.4 Å². The summed E-state index contributed by atoms with van der Waals surface area (Å²) < 4.78 is 53.5. The van der Waals surface area contributed by atoms with Crippen LogP contribution in [-0.4, -0.2) is 25.3 Å². The van der Waals surface area contributed by atoms with Crippen molar-refractivity contribution < 1.29 is 17.7 Å². The minimum Gasteiger partial charge on any atom is -0.610 e. The summed E-state index contributed by atoms with van der Waals surface area (Å²) in [6.07, 6.45) is 1.39. The van der Waals surface area contributed by atoms with E-state index < -0.39 is 39.8 Å². The first-order valence-corrected chi connectivity index (χ1v) is 8.53. The van der Waals surface area contributed by atoms with E-state index in [1.165, 1.54) is 13.3 Å². The van der Waals surface area contributed by atoms with Crippen LogP contribution in [0.5, 0.6) is 0 Å². The van der Waals surface area contributed by atoms with Crippen molar-refractivity contribution in [2.45, 2.75) is 4.34 Å². The molecule has 0 saturated carbocycles. The van der Waals surface area contributed by atoms with E-state index in [4.69, 9.17) is 0 Å². The van der Waals surface area contributed by atoms with E-state index in [2.05, 4.69) is 9.97 Å². The lowest BCUT2D eigenvalue weighted by atomic mass is 10.1. The number of rotatable bonds is 2. The Bertz CT molecular complexity index is 961. The highest BCUT2D eigenvalue weighted by Crippen LogP contribution is 2.28. The third kappa shape index (κ3) is 2.62. The first kappa shape index (κ1) is 16.0. The molecule has 0 aliphatic carbocycles. The fourth-order valence-electron chi connectivity index (χ4n) is 2.04. The van der Waals surface area contributed by atoms with Crippen LogP contribution in [0.25, 0.3) is 21.7 Å². The highest BCUT2D eigenvalue weighted by molar-refractivity contribution is 7.92. The molecule has 0 aliphatic rings. The van der Waals surface area contributed by atoms with Crippen LogP contribution in [0.2, 0.25) is 0 Å². The van der Waals surface area contributed by atoms with Crippen molar-refractivity contribution in [1.82, 2.24) is 14.5 Å². The number of hydrogen-bond acceptors (Lipinski definition) is 5. The molecule has 0 radical (unpaired) electrons. The van der Waals surface area contributed by atoms with Gasteiger partial charge in [-0.25, -0.2) is 18.2 Å². The van der Waals surface area contributed by atoms with E-state index >= 15 is 0 Å². The highest BCUT2D eigenvalue weighted by atomic mass is 32.2. The Morgan fingerprint density at radius 1 is 1.22 bits per heavy atom. The molecular weight excluding hydrogens is 351 g/mol. The van der Waals surface area contributed by atoms with Crippen LogP contribution in [0.3, 0.4) is 0 Å². The molecule has 0 amide bonds. The molecule has 23 heavy (non-hydrogen) atoms. The molecule has 2 heterocycles. The largest absolute Gasteiger partial charge is 0.610 e. The summed E-state index contributed by atoms with van der Waals surface area (Å²) >= 11 is -0.521. The minimum absolute atomic E-state index is 0.0330. The third-order valence-corrected chi connectivity index (χ3v) is 5.38. The van der Waals surface area contributed by atoms with E-state index in [9.17, 15) is 22.5 Å². The first-order valence-electron chi connectivity index (χ1n) is 6.15. The molecule has 3 rings (SSSR count). The van der Waals surface area contributed by atoms with Gasteiger partial charge in [-0.2, -0.15) is 4.98 Å². The molecule has 3 aromatic rings. The van der Waals surface area contributed by atoms with Gasteiger partial charge in [0.25, 0.3) is 5.56 Å². The number of halogens is 3. The lowest BCUT2D eigenvalue weighted by Gasteiger charge is -2.09. The molecule has 0 spiro atoms. The van der Waals surface area contributed by atoms with Crippen LogP contribution < -0.4 is 5.56 Å². The molecule has 0 fully saturated rings. The molecule has 10 heteroatoms. The normalized spacial score (nSPS) is 12.8. The zero-order chi connectivity index (χ0) is 16.9. The van der Waals surface area contributed by atoms with E-state index in [-0.39, 0.29) is 20.5 Å². The molecule has 120 valence electrons. The first-order chi connectivity index (χ1) is 10.8.